The average Bonchev–Trinajstić information content (AvgIpc) is 2.40. The van der Waals surface area contributed by atoms with Crippen LogP contribution in [0, 0.1) is 6.92 Å². The van der Waals surface area contributed by atoms with Gasteiger partial charge in [0.1, 0.15) is 10.8 Å². The van der Waals surface area contributed by atoms with Crippen LogP contribution in [0.15, 0.2) is 42.5 Å². The Labute approximate surface area is 119 Å². The molecule has 1 aromatic heterocycles. The van der Waals surface area contributed by atoms with E-state index in [1.165, 1.54) is 0 Å². The van der Waals surface area contributed by atoms with Crippen LogP contribution in [0.3, 0.4) is 0 Å². The monoisotopic (exact) mass is 271 g/mol. The van der Waals surface area contributed by atoms with Crippen molar-refractivity contribution in [1.82, 2.24) is 4.98 Å². The highest BCUT2D eigenvalue weighted by atomic mass is 32.1. The van der Waals surface area contributed by atoms with Crippen molar-refractivity contribution < 1.29 is 0 Å². The third kappa shape index (κ3) is 2.90. The van der Waals surface area contributed by atoms with Gasteiger partial charge in [-0.3, -0.25) is 0 Å². The number of thiocarbonyl (C=S) groups is 1. The minimum atomic E-state index is 0.372. The number of hydrogen-bond donors (Lipinski definition) is 1. The predicted molar refractivity (Wildman–Crippen MR) is 84.0 cm³/mol. The van der Waals surface area contributed by atoms with Crippen molar-refractivity contribution in [3.8, 4) is 0 Å². The molecule has 4 heteroatoms. The maximum atomic E-state index is 5.80. The zero-order chi connectivity index (χ0) is 13.8. The summed E-state index contributed by atoms with van der Waals surface area (Å²) in [6.07, 6.45) is 0. The molecule has 0 amide bonds. The van der Waals surface area contributed by atoms with E-state index in [4.69, 9.17) is 18.0 Å². The summed E-state index contributed by atoms with van der Waals surface area (Å²) in [5.41, 5.74) is 8.64. The Morgan fingerprint density at radius 1 is 1.21 bits per heavy atom. The number of pyridine rings is 1. The highest BCUT2D eigenvalue weighted by Gasteiger charge is 2.15. The molecule has 0 spiro atoms. The molecule has 19 heavy (non-hydrogen) atoms. The van der Waals surface area contributed by atoms with Crippen LogP contribution in [-0.4, -0.2) is 16.5 Å². The van der Waals surface area contributed by atoms with E-state index in [-0.39, 0.29) is 0 Å². The third-order valence-corrected chi connectivity index (χ3v) is 3.14. The van der Waals surface area contributed by atoms with Gasteiger partial charge in [0.05, 0.1) is 5.56 Å². The van der Waals surface area contributed by atoms with Crippen LogP contribution in [-0.2, 0) is 0 Å². The average molecular weight is 271 g/mol. The highest BCUT2D eigenvalue weighted by Crippen LogP contribution is 2.26. The molecule has 0 fully saturated rings. The number of rotatable bonds is 4. The minimum absolute atomic E-state index is 0.372. The summed E-state index contributed by atoms with van der Waals surface area (Å²) in [6.45, 7) is 4.85. The topological polar surface area (TPSA) is 42.2 Å². The molecule has 0 bridgehead atoms. The number of nitrogens with zero attached hydrogens (tertiary/aromatic N) is 2. The number of para-hydroxylation sites is 1. The van der Waals surface area contributed by atoms with Gasteiger partial charge in [-0.2, -0.15) is 0 Å². The first kappa shape index (κ1) is 13.5. The van der Waals surface area contributed by atoms with E-state index in [1.54, 1.807) is 0 Å². The number of nitrogens with two attached hydrogens (primary N) is 1. The van der Waals surface area contributed by atoms with Gasteiger partial charge in [-0.05, 0) is 38.1 Å². The molecule has 98 valence electrons. The van der Waals surface area contributed by atoms with Crippen LogP contribution in [0.5, 0.6) is 0 Å². The zero-order valence-electron chi connectivity index (χ0n) is 11.1. The number of aryl methyl sites for hydroxylation is 1. The molecular weight excluding hydrogens is 254 g/mol. The quantitative estimate of drug-likeness (QED) is 0.867. The number of hydrogen-bond acceptors (Lipinski definition) is 3. The van der Waals surface area contributed by atoms with Gasteiger partial charge in [0.15, 0.2) is 0 Å². The van der Waals surface area contributed by atoms with E-state index in [9.17, 15) is 0 Å². The van der Waals surface area contributed by atoms with Crippen molar-refractivity contribution in [3.63, 3.8) is 0 Å². The molecule has 2 aromatic rings. The number of aromatic nitrogens is 1. The lowest BCUT2D eigenvalue weighted by Gasteiger charge is -2.24. The first-order valence-corrected chi connectivity index (χ1v) is 6.64. The van der Waals surface area contributed by atoms with E-state index in [0.29, 0.717) is 4.99 Å². The Balaban J connectivity index is 2.55. The molecule has 0 aliphatic rings. The first-order valence-electron chi connectivity index (χ1n) is 6.23. The summed E-state index contributed by atoms with van der Waals surface area (Å²) in [7, 11) is 0. The molecule has 2 N–H and O–H groups in total. The fraction of sp³-hybridized carbons (Fsp3) is 0.200. The summed E-state index contributed by atoms with van der Waals surface area (Å²) in [5, 5.41) is 0. The Kier molecular flexibility index (Phi) is 4.12. The van der Waals surface area contributed by atoms with Crippen LogP contribution in [0.1, 0.15) is 18.2 Å². The van der Waals surface area contributed by atoms with Gasteiger partial charge < -0.3 is 10.6 Å². The van der Waals surface area contributed by atoms with Gasteiger partial charge in [0.2, 0.25) is 0 Å². The molecule has 0 unspecified atom stereocenters. The zero-order valence-corrected chi connectivity index (χ0v) is 11.9. The molecule has 0 aliphatic carbocycles. The fourth-order valence-electron chi connectivity index (χ4n) is 2.00. The van der Waals surface area contributed by atoms with Crippen LogP contribution in [0.4, 0.5) is 11.5 Å². The summed E-state index contributed by atoms with van der Waals surface area (Å²) in [4.78, 5) is 7.09. The van der Waals surface area contributed by atoms with Gasteiger partial charge >= 0.3 is 0 Å². The van der Waals surface area contributed by atoms with Gasteiger partial charge in [-0.1, -0.05) is 30.4 Å². The van der Waals surface area contributed by atoms with Crippen molar-refractivity contribution in [1.29, 1.82) is 0 Å². The van der Waals surface area contributed by atoms with Crippen LogP contribution in [0.25, 0.3) is 0 Å². The van der Waals surface area contributed by atoms with E-state index in [1.807, 2.05) is 37.3 Å². The maximum absolute atomic E-state index is 5.80. The normalized spacial score (nSPS) is 10.2. The van der Waals surface area contributed by atoms with Crippen LogP contribution in [0.2, 0.25) is 0 Å². The van der Waals surface area contributed by atoms with Crippen molar-refractivity contribution >= 4 is 28.7 Å². The van der Waals surface area contributed by atoms with Crippen molar-refractivity contribution in [2.45, 2.75) is 13.8 Å². The Morgan fingerprint density at radius 2 is 1.89 bits per heavy atom. The van der Waals surface area contributed by atoms with Crippen LogP contribution < -0.4 is 10.6 Å². The van der Waals surface area contributed by atoms with Crippen molar-refractivity contribution in [3.05, 3.63) is 53.7 Å². The number of anilines is 2. The molecule has 0 aliphatic heterocycles. The SMILES string of the molecule is CCN(c1ccccc1)c1nc(C)ccc1C(N)=S. The van der Waals surface area contributed by atoms with Crippen molar-refractivity contribution in [2.75, 3.05) is 11.4 Å². The molecular formula is C15H17N3S. The molecule has 0 radical (unpaired) electrons. The lowest BCUT2D eigenvalue weighted by atomic mass is 10.2. The Bertz CT molecular complexity index is 581. The van der Waals surface area contributed by atoms with E-state index in [0.717, 1.165) is 29.3 Å². The van der Waals surface area contributed by atoms with E-state index in [2.05, 4.69) is 28.9 Å². The second kappa shape index (κ2) is 5.80. The molecule has 3 nitrogen and oxygen atoms in total. The molecule has 0 atom stereocenters. The van der Waals surface area contributed by atoms with Gasteiger partial charge in [0.25, 0.3) is 0 Å². The highest BCUT2D eigenvalue weighted by molar-refractivity contribution is 7.80. The fourth-order valence-corrected chi connectivity index (χ4v) is 2.16. The van der Waals surface area contributed by atoms with Gasteiger partial charge in [0, 0.05) is 17.9 Å². The standard InChI is InChI=1S/C15H17N3S/c1-3-18(12-7-5-4-6-8-12)15-13(14(16)19)10-9-11(2)17-15/h4-10H,3H2,1-2H3,(H2,16,19). The lowest BCUT2D eigenvalue weighted by Crippen LogP contribution is -2.23. The molecule has 1 heterocycles. The van der Waals surface area contributed by atoms with E-state index >= 15 is 0 Å². The summed E-state index contributed by atoms with van der Waals surface area (Å²) < 4.78 is 0. The summed E-state index contributed by atoms with van der Waals surface area (Å²) in [6, 6.07) is 14.0. The lowest BCUT2D eigenvalue weighted by molar-refractivity contribution is 0.976. The molecule has 1 aromatic carbocycles. The Morgan fingerprint density at radius 3 is 2.47 bits per heavy atom. The summed E-state index contributed by atoms with van der Waals surface area (Å²) >= 11 is 5.12. The van der Waals surface area contributed by atoms with Crippen molar-refractivity contribution in [2.24, 2.45) is 5.73 Å². The smallest absolute Gasteiger partial charge is 0.143 e. The minimum Gasteiger partial charge on any atom is -0.389 e. The number of benzene rings is 1. The summed E-state index contributed by atoms with van der Waals surface area (Å²) in [5.74, 6) is 0.821. The molecule has 2 rings (SSSR count). The van der Waals surface area contributed by atoms with Gasteiger partial charge in [-0.15, -0.1) is 0 Å². The Hall–Kier alpha value is -1.94. The second-order valence-electron chi connectivity index (χ2n) is 4.27. The maximum Gasteiger partial charge on any atom is 0.143 e. The third-order valence-electron chi connectivity index (χ3n) is 2.92. The van der Waals surface area contributed by atoms with E-state index < -0.39 is 0 Å². The largest absolute Gasteiger partial charge is 0.389 e. The van der Waals surface area contributed by atoms with Gasteiger partial charge in [-0.25, -0.2) is 4.98 Å². The predicted octanol–water partition coefficient (Wildman–Crippen LogP) is 3.18. The molecule has 0 saturated carbocycles. The second-order valence-corrected chi connectivity index (χ2v) is 4.71. The first-order chi connectivity index (χ1) is 9.13. The molecule has 0 saturated heterocycles. The van der Waals surface area contributed by atoms with Crippen LogP contribution >= 0.6 is 12.2 Å².